The molecular weight excluding hydrogens is 268 g/mol. The lowest BCUT2D eigenvalue weighted by Crippen LogP contribution is -2.35. The molecule has 6 nitrogen and oxygen atoms in total. The van der Waals surface area contributed by atoms with E-state index in [2.05, 4.69) is 15.0 Å². The number of sulfone groups is 1. The molecule has 1 N–H and O–H groups in total. The number of nitrogens with one attached hydrogen (secondary N) is 1. The molecule has 2 heterocycles. The summed E-state index contributed by atoms with van der Waals surface area (Å²) in [7, 11) is -1.70. The lowest BCUT2D eigenvalue weighted by Gasteiger charge is -2.24. The molecule has 1 aromatic rings. The molecule has 1 aliphatic rings. The minimum Gasteiger partial charge on any atom is -0.465 e. The van der Waals surface area contributed by atoms with E-state index in [9.17, 15) is 13.2 Å². The highest BCUT2D eigenvalue weighted by Crippen LogP contribution is 2.19. The van der Waals surface area contributed by atoms with E-state index in [0.717, 1.165) is 6.42 Å². The predicted molar refractivity (Wildman–Crippen MR) is 70.9 cm³/mol. The van der Waals surface area contributed by atoms with Crippen molar-refractivity contribution >= 4 is 21.6 Å². The smallest absolute Gasteiger partial charge is 0.341 e. The third kappa shape index (κ3) is 3.44. The number of carbonyl (C=O) groups excluding carboxylic acids is 1. The minimum atomic E-state index is -3.00. The molecule has 1 unspecified atom stereocenters. The highest BCUT2D eigenvalue weighted by atomic mass is 32.2. The first-order valence-electron chi connectivity index (χ1n) is 6.02. The Balaban J connectivity index is 2.17. The monoisotopic (exact) mass is 284 g/mol. The molecule has 0 saturated carbocycles. The van der Waals surface area contributed by atoms with Gasteiger partial charge in [0.1, 0.15) is 11.4 Å². The molecule has 1 atom stereocenters. The maximum atomic E-state index is 11.6. The van der Waals surface area contributed by atoms with Gasteiger partial charge in [-0.1, -0.05) is 0 Å². The lowest BCUT2D eigenvalue weighted by molar-refractivity contribution is 0.0601. The summed E-state index contributed by atoms with van der Waals surface area (Å²) in [4.78, 5) is 15.7. The number of carbonyl (C=O) groups is 1. The zero-order valence-electron chi connectivity index (χ0n) is 10.6. The molecule has 0 spiro atoms. The number of hydrogen-bond donors (Lipinski definition) is 1. The van der Waals surface area contributed by atoms with Gasteiger partial charge >= 0.3 is 5.97 Å². The van der Waals surface area contributed by atoms with E-state index in [0.29, 0.717) is 17.8 Å². The zero-order valence-corrected chi connectivity index (χ0v) is 11.4. The molecule has 19 heavy (non-hydrogen) atoms. The number of pyridine rings is 1. The standard InChI is InChI=1S/C12H16N2O4S/c1-18-12(15)10-5-2-6-13-11(10)14-9-4-3-7-19(16,17)8-9/h2,5-6,9H,3-4,7-8H2,1H3,(H,13,14). The Morgan fingerprint density at radius 3 is 3.00 bits per heavy atom. The van der Waals surface area contributed by atoms with Crippen LogP contribution >= 0.6 is 0 Å². The summed E-state index contributed by atoms with van der Waals surface area (Å²) in [6, 6.07) is 3.02. The third-order valence-electron chi connectivity index (χ3n) is 3.02. The van der Waals surface area contributed by atoms with E-state index in [1.165, 1.54) is 7.11 Å². The molecule has 104 valence electrons. The average Bonchev–Trinajstić information content (AvgIpc) is 2.37. The highest BCUT2D eigenvalue weighted by molar-refractivity contribution is 7.91. The SMILES string of the molecule is COC(=O)c1cccnc1NC1CCCS(=O)(=O)C1. The molecular formula is C12H16N2O4S. The number of nitrogens with zero attached hydrogens (tertiary/aromatic N) is 1. The van der Waals surface area contributed by atoms with Gasteiger partial charge in [0.25, 0.3) is 0 Å². The van der Waals surface area contributed by atoms with Crippen LogP contribution in [0.4, 0.5) is 5.82 Å². The van der Waals surface area contributed by atoms with Gasteiger partial charge in [-0.3, -0.25) is 0 Å². The fourth-order valence-electron chi connectivity index (χ4n) is 2.13. The van der Waals surface area contributed by atoms with Crippen LogP contribution < -0.4 is 5.32 Å². The second-order valence-electron chi connectivity index (χ2n) is 4.49. The van der Waals surface area contributed by atoms with Gasteiger partial charge < -0.3 is 10.1 Å². The number of ether oxygens (including phenoxy) is 1. The van der Waals surface area contributed by atoms with Crippen LogP contribution in [0, 0.1) is 0 Å². The van der Waals surface area contributed by atoms with Crippen LogP contribution in [-0.4, -0.2) is 44.0 Å². The summed E-state index contributed by atoms with van der Waals surface area (Å²) in [5, 5.41) is 3.03. The van der Waals surface area contributed by atoms with Gasteiger partial charge in [-0.2, -0.15) is 0 Å². The van der Waals surface area contributed by atoms with Crippen molar-refractivity contribution in [3.8, 4) is 0 Å². The Hall–Kier alpha value is -1.63. The Bertz CT molecular complexity index is 571. The first-order valence-corrected chi connectivity index (χ1v) is 7.84. The van der Waals surface area contributed by atoms with E-state index >= 15 is 0 Å². The van der Waals surface area contributed by atoms with Gasteiger partial charge in [-0.05, 0) is 25.0 Å². The zero-order chi connectivity index (χ0) is 13.9. The van der Waals surface area contributed by atoms with Crippen molar-refractivity contribution < 1.29 is 17.9 Å². The Morgan fingerprint density at radius 1 is 1.53 bits per heavy atom. The van der Waals surface area contributed by atoms with Crippen molar-refractivity contribution in [2.75, 3.05) is 23.9 Å². The molecule has 0 amide bonds. The van der Waals surface area contributed by atoms with Crippen LogP contribution in [0.3, 0.4) is 0 Å². The lowest BCUT2D eigenvalue weighted by atomic mass is 10.1. The van der Waals surface area contributed by atoms with Gasteiger partial charge in [0.05, 0.1) is 18.6 Å². The maximum absolute atomic E-state index is 11.6. The van der Waals surface area contributed by atoms with Crippen molar-refractivity contribution in [1.82, 2.24) is 4.98 Å². The normalized spacial score (nSPS) is 21.6. The highest BCUT2D eigenvalue weighted by Gasteiger charge is 2.26. The molecule has 2 rings (SSSR count). The Labute approximate surface area is 112 Å². The summed E-state index contributed by atoms with van der Waals surface area (Å²) in [6.07, 6.45) is 2.92. The van der Waals surface area contributed by atoms with Crippen LogP contribution in [0.15, 0.2) is 18.3 Å². The molecule has 1 aromatic heterocycles. The van der Waals surface area contributed by atoms with Crippen LogP contribution in [0.2, 0.25) is 0 Å². The summed E-state index contributed by atoms with van der Waals surface area (Å²) in [5.74, 6) is 0.187. The van der Waals surface area contributed by atoms with E-state index in [1.807, 2.05) is 0 Å². The van der Waals surface area contributed by atoms with Crippen LogP contribution in [0.1, 0.15) is 23.2 Å². The Kier molecular flexibility index (Phi) is 4.04. The van der Waals surface area contributed by atoms with Crippen molar-refractivity contribution in [2.45, 2.75) is 18.9 Å². The topological polar surface area (TPSA) is 85.4 Å². The van der Waals surface area contributed by atoms with Crippen molar-refractivity contribution in [2.24, 2.45) is 0 Å². The number of esters is 1. The molecule has 1 fully saturated rings. The molecule has 0 radical (unpaired) electrons. The van der Waals surface area contributed by atoms with Crippen LogP contribution in [0.25, 0.3) is 0 Å². The summed E-state index contributed by atoms with van der Waals surface area (Å²) in [5.41, 5.74) is 0.313. The number of hydrogen-bond acceptors (Lipinski definition) is 6. The van der Waals surface area contributed by atoms with Gasteiger partial charge in [0.15, 0.2) is 9.84 Å². The number of anilines is 1. The number of methoxy groups -OCH3 is 1. The third-order valence-corrected chi connectivity index (χ3v) is 4.84. The molecule has 0 aromatic carbocycles. The molecule has 1 aliphatic heterocycles. The second kappa shape index (κ2) is 5.56. The largest absolute Gasteiger partial charge is 0.465 e. The van der Waals surface area contributed by atoms with Crippen molar-refractivity contribution in [1.29, 1.82) is 0 Å². The molecule has 1 saturated heterocycles. The molecule has 7 heteroatoms. The number of rotatable bonds is 3. The van der Waals surface area contributed by atoms with Gasteiger partial charge in [0, 0.05) is 12.2 Å². The van der Waals surface area contributed by atoms with Gasteiger partial charge in [0.2, 0.25) is 0 Å². The van der Waals surface area contributed by atoms with Crippen LogP contribution in [0.5, 0.6) is 0 Å². The first-order chi connectivity index (χ1) is 9.02. The summed E-state index contributed by atoms with van der Waals surface area (Å²) < 4.78 is 27.8. The van der Waals surface area contributed by atoms with Crippen molar-refractivity contribution in [3.63, 3.8) is 0 Å². The van der Waals surface area contributed by atoms with E-state index in [1.54, 1.807) is 18.3 Å². The van der Waals surface area contributed by atoms with E-state index in [4.69, 9.17) is 0 Å². The first kappa shape index (κ1) is 13.8. The van der Waals surface area contributed by atoms with Crippen LogP contribution in [-0.2, 0) is 14.6 Å². The van der Waals surface area contributed by atoms with Gasteiger partial charge in [-0.15, -0.1) is 0 Å². The molecule has 0 aliphatic carbocycles. The fraction of sp³-hybridized carbons (Fsp3) is 0.500. The summed E-state index contributed by atoms with van der Waals surface area (Å²) >= 11 is 0. The minimum absolute atomic E-state index is 0.0736. The Morgan fingerprint density at radius 2 is 2.32 bits per heavy atom. The predicted octanol–water partition coefficient (Wildman–Crippen LogP) is 0.857. The van der Waals surface area contributed by atoms with Gasteiger partial charge in [-0.25, -0.2) is 18.2 Å². The fourth-order valence-corrected chi connectivity index (χ4v) is 3.76. The van der Waals surface area contributed by atoms with E-state index < -0.39 is 15.8 Å². The summed E-state index contributed by atoms with van der Waals surface area (Å²) in [6.45, 7) is 0. The quantitative estimate of drug-likeness (QED) is 0.828. The number of aromatic nitrogens is 1. The van der Waals surface area contributed by atoms with E-state index in [-0.39, 0.29) is 17.5 Å². The van der Waals surface area contributed by atoms with Crippen molar-refractivity contribution in [3.05, 3.63) is 23.9 Å². The second-order valence-corrected chi connectivity index (χ2v) is 6.72. The maximum Gasteiger partial charge on any atom is 0.341 e. The molecule has 0 bridgehead atoms. The average molecular weight is 284 g/mol.